The summed E-state index contributed by atoms with van der Waals surface area (Å²) in [6, 6.07) is 11.4. The quantitative estimate of drug-likeness (QED) is 0.917. The van der Waals surface area contributed by atoms with Crippen LogP contribution in [0, 0.1) is 6.92 Å². The number of hydrogen-bond donors (Lipinski definition) is 1. The molecule has 4 nitrogen and oxygen atoms in total. The first kappa shape index (κ1) is 13.1. The van der Waals surface area contributed by atoms with E-state index in [0.717, 1.165) is 5.69 Å². The number of aromatic nitrogens is 1. The molecule has 19 heavy (non-hydrogen) atoms. The molecule has 0 spiro atoms. The van der Waals surface area contributed by atoms with Gasteiger partial charge < -0.3 is 10.2 Å². The molecule has 1 aromatic heterocycles. The van der Waals surface area contributed by atoms with Crippen LogP contribution in [0.4, 0.5) is 11.5 Å². The van der Waals surface area contributed by atoms with Crippen LogP contribution in [0.15, 0.2) is 42.6 Å². The fraction of sp³-hybridized carbons (Fsp3) is 0.200. The van der Waals surface area contributed by atoms with Crippen LogP contribution in [-0.2, 0) is 0 Å². The SMILES string of the molecule is CNc1ncccc1C(=O)N(C)c1ccc(C)cc1. The number of benzene rings is 1. The van der Waals surface area contributed by atoms with Gasteiger partial charge >= 0.3 is 0 Å². The molecule has 1 aromatic carbocycles. The fourth-order valence-corrected chi connectivity index (χ4v) is 1.84. The Morgan fingerprint density at radius 3 is 2.53 bits per heavy atom. The summed E-state index contributed by atoms with van der Waals surface area (Å²) in [7, 11) is 3.52. The first-order valence-corrected chi connectivity index (χ1v) is 6.11. The third kappa shape index (κ3) is 2.73. The van der Waals surface area contributed by atoms with Crippen molar-refractivity contribution in [3.8, 4) is 0 Å². The molecule has 0 saturated heterocycles. The average molecular weight is 255 g/mol. The van der Waals surface area contributed by atoms with Gasteiger partial charge in [0.15, 0.2) is 0 Å². The predicted octanol–water partition coefficient (Wildman–Crippen LogP) is 2.71. The minimum atomic E-state index is -0.0821. The molecule has 1 heterocycles. The maximum Gasteiger partial charge on any atom is 0.261 e. The molecule has 2 rings (SSSR count). The van der Waals surface area contributed by atoms with Crippen molar-refractivity contribution in [2.24, 2.45) is 0 Å². The van der Waals surface area contributed by atoms with Crippen molar-refractivity contribution >= 4 is 17.4 Å². The van der Waals surface area contributed by atoms with Gasteiger partial charge in [-0.05, 0) is 31.2 Å². The highest BCUT2D eigenvalue weighted by Gasteiger charge is 2.16. The van der Waals surface area contributed by atoms with Crippen LogP contribution in [0.1, 0.15) is 15.9 Å². The summed E-state index contributed by atoms with van der Waals surface area (Å²) in [5.74, 6) is 0.507. The highest BCUT2D eigenvalue weighted by Crippen LogP contribution is 2.19. The molecule has 0 fully saturated rings. The second-order valence-electron chi connectivity index (χ2n) is 4.35. The number of aryl methyl sites for hydroxylation is 1. The number of anilines is 2. The molecule has 4 heteroatoms. The van der Waals surface area contributed by atoms with E-state index in [1.54, 1.807) is 37.3 Å². The Bertz CT molecular complexity index is 578. The molecular formula is C15H17N3O. The minimum absolute atomic E-state index is 0.0821. The van der Waals surface area contributed by atoms with E-state index in [4.69, 9.17) is 0 Å². The molecule has 0 saturated carbocycles. The van der Waals surface area contributed by atoms with Gasteiger partial charge in [-0.15, -0.1) is 0 Å². The van der Waals surface area contributed by atoms with Gasteiger partial charge in [-0.25, -0.2) is 4.98 Å². The highest BCUT2D eigenvalue weighted by atomic mass is 16.2. The lowest BCUT2D eigenvalue weighted by atomic mass is 10.2. The normalized spacial score (nSPS) is 10.1. The van der Waals surface area contributed by atoms with Crippen molar-refractivity contribution in [1.29, 1.82) is 0 Å². The van der Waals surface area contributed by atoms with Crippen molar-refractivity contribution in [3.63, 3.8) is 0 Å². The standard InChI is InChI=1S/C15H17N3O/c1-11-6-8-12(9-7-11)18(3)15(19)13-5-4-10-17-14(13)16-2/h4-10H,1-3H3,(H,16,17). The van der Waals surface area contributed by atoms with E-state index in [1.807, 2.05) is 31.2 Å². The molecule has 0 atom stereocenters. The molecule has 0 aliphatic carbocycles. The van der Waals surface area contributed by atoms with Crippen molar-refractivity contribution in [2.75, 3.05) is 24.3 Å². The molecule has 0 unspecified atom stereocenters. The van der Waals surface area contributed by atoms with Crippen molar-refractivity contribution < 1.29 is 4.79 Å². The lowest BCUT2D eigenvalue weighted by Gasteiger charge is -2.18. The van der Waals surface area contributed by atoms with E-state index < -0.39 is 0 Å². The molecule has 1 amide bonds. The van der Waals surface area contributed by atoms with E-state index in [-0.39, 0.29) is 5.91 Å². The molecule has 0 aliphatic heterocycles. The number of pyridine rings is 1. The van der Waals surface area contributed by atoms with Crippen LogP contribution in [0.25, 0.3) is 0 Å². The number of amides is 1. The Hall–Kier alpha value is -2.36. The van der Waals surface area contributed by atoms with Gasteiger partial charge in [-0.3, -0.25) is 4.79 Å². The smallest absolute Gasteiger partial charge is 0.261 e. The zero-order valence-corrected chi connectivity index (χ0v) is 11.3. The Labute approximate surface area is 113 Å². The van der Waals surface area contributed by atoms with Gasteiger partial charge in [-0.1, -0.05) is 17.7 Å². The summed E-state index contributed by atoms with van der Waals surface area (Å²) in [5, 5.41) is 2.93. The van der Waals surface area contributed by atoms with Crippen LogP contribution in [-0.4, -0.2) is 25.0 Å². The van der Waals surface area contributed by atoms with E-state index in [2.05, 4.69) is 10.3 Å². The third-order valence-corrected chi connectivity index (χ3v) is 3.00. The lowest BCUT2D eigenvalue weighted by molar-refractivity contribution is 0.0993. The summed E-state index contributed by atoms with van der Waals surface area (Å²) in [4.78, 5) is 18.2. The van der Waals surface area contributed by atoms with E-state index >= 15 is 0 Å². The van der Waals surface area contributed by atoms with Gasteiger partial charge in [0.05, 0.1) is 5.56 Å². The van der Waals surface area contributed by atoms with Crippen LogP contribution in [0.2, 0.25) is 0 Å². The van der Waals surface area contributed by atoms with Crippen LogP contribution >= 0.6 is 0 Å². The number of carbonyl (C=O) groups is 1. The Morgan fingerprint density at radius 1 is 1.21 bits per heavy atom. The third-order valence-electron chi connectivity index (χ3n) is 3.00. The maximum absolute atomic E-state index is 12.5. The first-order chi connectivity index (χ1) is 9.13. The first-order valence-electron chi connectivity index (χ1n) is 6.11. The minimum Gasteiger partial charge on any atom is -0.372 e. The van der Waals surface area contributed by atoms with Gasteiger partial charge in [-0.2, -0.15) is 0 Å². The van der Waals surface area contributed by atoms with Gasteiger partial charge in [0.25, 0.3) is 5.91 Å². The molecule has 1 N–H and O–H groups in total. The number of nitrogens with zero attached hydrogens (tertiary/aromatic N) is 2. The number of rotatable bonds is 3. The molecule has 2 aromatic rings. The Balaban J connectivity index is 2.30. The molecule has 0 aliphatic rings. The molecular weight excluding hydrogens is 238 g/mol. The topological polar surface area (TPSA) is 45.2 Å². The Kier molecular flexibility index (Phi) is 3.80. The summed E-state index contributed by atoms with van der Waals surface area (Å²) < 4.78 is 0. The summed E-state index contributed by atoms with van der Waals surface area (Å²) in [6.45, 7) is 2.02. The van der Waals surface area contributed by atoms with Crippen molar-refractivity contribution in [2.45, 2.75) is 6.92 Å². The van der Waals surface area contributed by atoms with E-state index in [9.17, 15) is 4.79 Å². The second kappa shape index (κ2) is 5.52. The fourth-order valence-electron chi connectivity index (χ4n) is 1.84. The number of carbonyl (C=O) groups excluding carboxylic acids is 1. The largest absolute Gasteiger partial charge is 0.372 e. The lowest BCUT2D eigenvalue weighted by Crippen LogP contribution is -2.27. The van der Waals surface area contributed by atoms with Crippen LogP contribution in [0.5, 0.6) is 0 Å². The second-order valence-corrected chi connectivity index (χ2v) is 4.35. The van der Waals surface area contributed by atoms with Gasteiger partial charge in [0.1, 0.15) is 5.82 Å². The maximum atomic E-state index is 12.5. The van der Waals surface area contributed by atoms with E-state index in [1.165, 1.54) is 5.56 Å². The zero-order chi connectivity index (χ0) is 13.8. The van der Waals surface area contributed by atoms with Crippen molar-refractivity contribution in [3.05, 3.63) is 53.7 Å². The highest BCUT2D eigenvalue weighted by molar-refractivity contribution is 6.08. The van der Waals surface area contributed by atoms with Crippen LogP contribution in [0.3, 0.4) is 0 Å². The average Bonchev–Trinajstić information content (AvgIpc) is 2.46. The van der Waals surface area contributed by atoms with Crippen LogP contribution < -0.4 is 10.2 Å². The molecule has 0 bridgehead atoms. The zero-order valence-electron chi connectivity index (χ0n) is 11.3. The summed E-state index contributed by atoms with van der Waals surface area (Å²) in [6.07, 6.45) is 1.66. The van der Waals surface area contributed by atoms with E-state index in [0.29, 0.717) is 11.4 Å². The summed E-state index contributed by atoms with van der Waals surface area (Å²) >= 11 is 0. The summed E-state index contributed by atoms with van der Waals surface area (Å²) in [5.41, 5.74) is 2.59. The molecule has 98 valence electrons. The number of nitrogens with one attached hydrogen (secondary N) is 1. The van der Waals surface area contributed by atoms with Gasteiger partial charge in [0, 0.05) is 26.0 Å². The van der Waals surface area contributed by atoms with Crippen molar-refractivity contribution in [1.82, 2.24) is 4.98 Å². The predicted molar refractivity (Wildman–Crippen MR) is 77.7 cm³/mol. The molecule has 0 radical (unpaired) electrons. The Morgan fingerprint density at radius 2 is 1.89 bits per heavy atom. The van der Waals surface area contributed by atoms with Gasteiger partial charge in [0.2, 0.25) is 0 Å². The monoisotopic (exact) mass is 255 g/mol. The number of hydrogen-bond acceptors (Lipinski definition) is 3.